The summed E-state index contributed by atoms with van der Waals surface area (Å²) in [6.07, 6.45) is 0. The Kier molecular flexibility index (Phi) is 3.52. The molecule has 0 bridgehead atoms. The molecule has 0 amide bonds. The summed E-state index contributed by atoms with van der Waals surface area (Å²) in [6.45, 7) is 0. The first-order valence-corrected chi connectivity index (χ1v) is 11.4. The third-order valence-electron chi connectivity index (χ3n) is 6.45. The van der Waals surface area contributed by atoms with Gasteiger partial charge in [-0.15, -0.1) is 11.3 Å². The van der Waals surface area contributed by atoms with Gasteiger partial charge in [-0.25, -0.2) is 0 Å². The van der Waals surface area contributed by atoms with Gasteiger partial charge in [-0.1, -0.05) is 109 Å². The highest BCUT2D eigenvalue weighted by atomic mass is 32.1. The number of fused-ring (bicyclic) bond motifs is 9. The van der Waals surface area contributed by atoms with Crippen LogP contribution in [-0.2, 0) is 0 Å². The van der Waals surface area contributed by atoms with Crippen molar-refractivity contribution in [2.45, 2.75) is 0 Å². The molecule has 144 valence electrons. The Hall–Kier alpha value is -3.68. The first kappa shape index (κ1) is 17.0. The summed E-state index contributed by atoms with van der Waals surface area (Å²) in [5.41, 5.74) is 2.63. The minimum atomic E-state index is 1.29. The molecule has 0 saturated heterocycles. The van der Waals surface area contributed by atoms with E-state index in [1.54, 1.807) is 0 Å². The van der Waals surface area contributed by atoms with Gasteiger partial charge in [-0.05, 0) is 32.5 Å². The van der Waals surface area contributed by atoms with Crippen molar-refractivity contribution in [3.8, 4) is 11.1 Å². The van der Waals surface area contributed by atoms with Gasteiger partial charge in [0.1, 0.15) is 0 Å². The quantitative estimate of drug-likeness (QED) is 0.237. The molecule has 6 aromatic carbocycles. The molecule has 0 N–H and O–H groups in total. The maximum atomic E-state index is 2.30. The molecule has 7 rings (SSSR count). The Morgan fingerprint density at radius 3 is 1.74 bits per heavy atom. The number of rotatable bonds is 1. The number of thiophene rings is 1. The van der Waals surface area contributed by atoms with E-state index in [2.05, 4.69) is 109 Å². The Labute approximate surface area is 184 Å². The van der Waals surface area contributed by atoms with E-state index in [1.807, 2.05) is 11.3 Å². The van der Waals surface area contributed by atoms with Crippen LogP contribution < -0.4 is 0 Å². The van der Waals surface area contributed by atoms with Crippen LogP contribution in [0.25, 0.3) is 63.6 Å². The summed E-state index contributed by atoms with van der Waals surface area (Å²) in [6, 6.07) is 39.8. The molecule has 1 aromatic heterocycles. The van der Waals surface area contributed by atoms with Gasteiger partial charge in [0, 0.05) is 31.1 Å². The lowest BCUT2D eigenvalue weighted by Crippen LogP contribution is -1.82. The smallest absolute Gasteiger partial charge is 0.0440 e. The van der Waals surface area contributed by atoms with Crippen LogP contribution in [0.4, 0.5) is 0 Å². The topological polar surface area (TPSA) is 0 Å². The molecular weight excluding hydrogens is 392 g/mol. The van der Waals surface area contributed by atoms with E-state index < -0.39 is 0 Å². The predicted octanol–water partition coefficient (Wildman–Crippen LogP) is 9.18. The van der Waals surface area contributed by atoms with Crippen LogP contribution in [0.1, 0.15) is 0 Å². The van der Waals surface area contributed by atoms with Crippen LogP contribution in [0.5, 0.6) is 0 Å². The standard InChI is InChI=1S/C30H18S/c1-2-11-20-19(9-1)10-7-16-21(20)25-17-8-18-27-28-24-14-5-3-12-22(24)23-13-4-6-15-26(23)30(28)31-29(25)27/h1-18H. The summed E-state index contributed by atoms with van der Waals surface area (Å²) in [5, 5.41) is 10.7. The fourth-order valence-corrected chi connectivity index (χ4v) is 6.48. The van der Waals surface area contributed by atoms with E-state index in [9.17, 15) is 0 Å². The summed E-state index contributed by atoms with van der Waals surface area (Å²) in [4.78, 5) is 0. The molecule has 0 radical (unpaired) electrons. The van der Waals surface area contributed by atoms with E-state index in [0.717, 1.165) is 0 Å². The Morgan fingerprint density at radius 1 is 0.355 bits per heavy atom. The molecule has 0 spiro atoms. The van der Waals surface area contributed by atoms with Gasteiger partial charge >= 0.3 is 0 Å². The molecule has 0 aliphatic carbocycles. The number of hydrogen-bond donors (Lipinski definition) is 0. The molecule has 0 nitrogen and oxygen atoms in total. The molecule has 0 saturated carbocycles. The molecule has 7 aromatic rings. The highest BCUT2D eigenvalue weighted by Gasteiger charge is 2.16. The van der Waals surface area contributed by atoms with Crippen LogP contribution in [0, 0.1) is 0 Å². The summed E-state index contributed by atoms with van der Waals surface area (Å²) < 4.78 is 2.76. The van der Waals surface area contributed by atoms with Crippen LogP contribution >= 0.6 is 11.3 Å². The first-order chi connectivity index (χ1) is 15.4. The van der Waals surface area contributed by atoms with Crippen molar-refractivity contribution in [2.24, 2.45) is 0 Å². The largest absolute Gasteiger partial charge is 0.134 e. The summed E-state index contributed by atoms with van der Waals surface area (Å²) in [5.74, 6) is 0. The molecule has 0 fully saturated rings. The van der Waals surface area contributed by atoms with E-state index in [4.69, 9.17) is 0 Å². The first-order valence-electron chi connectivity index (χ1n) is 10.6. The van der Waals surface area contributed by atoms with Gasteiger partial charge in [0.25, 0.3) is 0 Å². The fraction of sp³-hybridized carbons (Fsp3) is 0. The molecule has 1 heteroatoms. The molecule has 0 aliphatic rings. The van der Waals surface area contributed by atoms with Crippen molar-refractivity contribution < 1.29 is 0 Å². The Bertz CT molecular complexity index is 1780. The van der Waals surface area contributed by atoms with Crippen LogP contribution in [0.15, 0.2) is 109 Å². The summed E-state index contributed by atoms with van der Waals surface area (Å²) >= 11 is 1.94. The average molecular weight is 411 g/mol. The van der Waals surface area contributed by atoms with Gasteiger partial charge < -0.3 is 0 Å². The van der Waals surface area contributed by atoms with Crippen LogP contribution in [0.3, 0.4) is 0 Å². The third kappa shape index (κ3) is 2.35. The second-order valence-electron chi connectivity index (χ2n) is 8.11. The summed E-state index contributed by atoms with van der Waals surface area (Å²) in [7, 11) is 0. The number of hydrogen-bond acceptors (Lipinski definition) is 1. The second kappa shape index (κ2) is 6.41. The van der Waals surface area contributed by atoms with Crippen molar-refractivity contribution in [1.29, 1.82) is 0 Å². The zero-order chi connectivity index (χ0) is 20.4. The van der Waals surface area contributed by atoms with E-state index in [1.165, 1.54) is 63.6 Å². The lowest BCUT2D eigenvalue weighted by Gasteiger charge is -2.08. The predicted molar refractivity (Wildman–Crippen MR) is 137 cm³/mol. The lowest BCUT2D eigenvalue weighted by molar-refractivity contribution is 1.71. The SMILES string of the molecule is c1ccc2c(-c3cccc4c3sc3c5ccccc5c5ccccc5c43)cccc2c1. The fourth-order valence-electron chi connectivity index (χ4n) is 5.10. The van der Waals surface area contributed by atoms with Gasteiger partial charge in [0.15, 0.2) is 0 Å². The zero-order valence-electron chi connectivity index (χ0n) is 16.8. The molecule has 31 heavy (non-hydrogen) atoms. The maximum Gasteiger partial charge on any atom is 0.0440 e. The van der Waals surface area contributed by atoms with Gasteiger partial charge in [0.05, 0.1) is 0 Å². The number of benzene rings is 6. The molecule has 0 aliphatic heterocycles. The van der Waals surface area contributed by atoms with Crippen LogP contribution in [-0.4, -0.2) is 0 Å². The molecule has 0 unspecified atom stereocenters. The van der Waals surface area contributed by atoms with E-state index in [-0.39, 0.29) is 0 Å². The average Bonchev–Trinajstić information content (AvgIpc) is 3.24. The van der Waals surface area contributed by atoms with E-state index in [0.29, 0.717) is 0 Å². The third-order valence-corrected chi connectivity index (χ3v) is 7.73. The molecule has 1 heterocycles. The van der Waals surface area contributed by atoms with Gasteiger partial charge in [-0.3, -0.25) is 0 Å². The Balaban J connectivity index is 1.71. The maximum absolute atomic E-state index is 2.30. The zero-order valence-corrected chi connectivity index (χ0v) is 17.6. The van der Waals surface area contributed by atoms with Crippen molar-refractivity contribution in [2.75, 3.05) is 0 Å². The van der Waals surface area contributed by atoms with Crippen molar-refractivity contribution >= 4 is 63.8 Å². The second-order valence-corrected chi connectivity index (χ2v) is 9.13. The monoisotopic (exact) mass is 410 g/mol. The van der Waals surface area contributed by atoms with Crippen molar-refractivity contribution in [1.82, 2.24) is 0 Å². The van der Waals surface area contributed by atoms with E-state index >= 15 is 0 Å². The van der Waals surface area contributed by atoms with Crippen molar-refractivity contribution in [3.63, 3.8) is 0 Å². The lowest BCUT2D eigenvalue weighted by atomic mass is 9.94. The van der Waals surface area contributed by atoms with Gasteiger partial charge in [-0.2, -0.15) is 0 Å². The highest BCUT2D eigenvalue weighted by Crippen LogP contribution is 2.47. The Morgan fingerprint density at radius 2 is 0.903 bits per heavy atom. The minimum absolute atomic E-state index is 1.29. The van der Waals surface area contributed by atoms with Gasteiger partial charge in [0.2, 0.25) is 0 Å². The highest BCUT2D eigenvalue weighted by molar-refractivity contribution is 7.27. The van der Waals surface area contributed by atoms with Crippen molar-refractivity contribution in [3.05, 3.63) is 109 Å². The molecule has 0 atom stereocenters. The minimum Gasteiger partial charge on any atom is -0.134 e. The van der Waals surface area contributed by atoms with Crippen LogP contribution in [0.2, 0.25) is 0 Å². The normalized spacial score (nSPS) is 11.9. The molecular formula is C30H18S.